The zero-order valence-corrected chi connectivity index (χ0v) is 10.3. The van der Waals surface area contributed by atoms with Gasteiger partial charge in [-0.1, -0.05) is 0 Å². The van der Waals surface area contributed by atoms with Crippen molar-refractivity contribution >= 4 is 5.91 Å². The molecule has 1 saturated heterocycles. The number of amides is 1. The Morgan fingerprint density at radius 2 is 2.38 bits per heavy atom. The number of hydrogen-bond acceptors (Lipinski definition) is 4. The van der Waals surface area contributed by atoms with Crippen LogP contribution in [-0.4, -0.2) is 50.5 Å². The van der Waals surface area contributed by atoms with Crippen LogP contribution in [0.3, 0.4) is 0 Å². The van der Waals surface area contributed by atoms with Gasteiger partial charge in [-0.05, 0) is 20.8 Å². The zero-order chi connectivity index (χ0) is 12.0. The van der Waals surface area contributed by atoms with Crippen molar-refractivity contribution in [2.24, 2.45) is 0 Å². The monoisotopic (exact) mass is 230 g/mol. The standard InChI is InChI=1S/C11H22N2O3/c1-4-13-11(14)9(3)15-7-10-6-12-5-8(2)16-10/h8-10,12H,4-7H2,1-3H3,(H,13,14). The smallest absolute Gasteiger partial charge is 0.248 e. The third-order valence-corrected chi connectivity index (χ3v) is 2.48. The van der Waals surface area contributed by atoms with Crippen LogP contribution in [0.5, 0.6) is 0 Å². The van der Waals surface area contributed by atoms with Crippen LogP contribution in [0.1, 0.15) is 20.8 Å². The zero-order valence-electron chi connectivity index (χ0n) is 10.3. The molecular weight excluding hydrogens is 208 g/mol. The molecule has 0 radical (unpaired) electrons. The molecule has 3 unspecified atom stereocenters. The van der Waals surface area contributed by atoms with Gasteiger partial charge in [0.2, 0.25) is 5.91 Å². The molecule has 0 aromatic carbocycles. The topological polar surface area (TPSA) is 59.6 Å². The number of ether oxygens (including phenoxy) is 2. The molecule has 0 aromatic rings. The molecule has 0 bridgehead atoms. The summed E-state index contributed by atoms with van der Waals surface area (Å²) in [4.78, 5) is 11.4. The van der Waals surface area contributed by atoms with Gasteiger partial charge in [0.15, 0.2) is 0 Å². The maximum Gasteiger partial charge on any atom is 0.248 e. The van der Waals surface area contributed by atoms with Crippen LogP contribution in [0, 0.1) is 0 Å². The molecule has 1 aliphatic rings. The first-order valence-electron chi connectivity index (χ1n) is 5.89. The maximum absolute atomic E-state index is 11.4. The Kier molecular flexibility index (Phi) is 5.73. The molecule has 1 amide bonds. The lowest BCUT2D eigenvalue weighted by Gasteiger charge is -2.29. The molecule has 94 valence electrons. The summed E-state index contributed by atoms with van der Waals surface area (Å²) >= 11 is 0. The highest BCUT2D eigenvalue weighted by Gasteiger charge is 2.21. The molecule has 1 aliphatic heterocycles. The molecule has 1 heterocycles. The van der Waals surface area contributed by atoms with Gasteiger partial charge >= 0.3 is 0 Å². The lowest BCUT2D eigenvalue weighted by Crippen LogP contribution is -2.46. The van der Waals surface area contributed by atoms with Crippen molar-refractivity contribution in [2.75, 3.05) is 26.2 Å². The van der Waals surface area contributed by atoms with Gasteiger partial charge in [0.1, 0.15) is 6.10 Å². The van der Waals surface area contributed by atoms with E-state index < -0.39 is 6.10 Å². The average Bonchev–Trinajstić information content (AvgIpc) is 2.26. The highest BCUT2D eigenvalue weighted by molar-refractivity contribution is 5.80. The number of hydrogen-bond donors (Lipinski definition) is 2. The predicted octanol–water partition coefficient (Wildman–Crippen LogP) is -0.0955. The van der Waals surface area contributed by atoms with Gasteiger partial charge in [-0.2, -0.15) is 0 Å². The highest BCUT2D eigenvalue weighted by atomic mass is 16.5. The summed E-state index contributed by atoms with van der Waals surface area (Å²) in [6.45, 7) is 8.41. The summed E-state index contributed by atoms with van der Waals surface area (Å²) in [7, 11) is 0. The molecular formula is C11H22N2O3. The van der Waals surface area contributed by atoms with Crippen LogP contribution >= 0.6 is 0 Å². The van der Waals surface area contributed by atoms with Crippen molar-refractivity contribution in [3.63, 3.8) is 0 Å². The molecule has 0 aromatic heterocycles. The van der Waals surface area contributed by atoms with Crippen LogP contribution in [-0.2, 0) is 14.3 Å². The summed E-state index contributed by atoms with van der Waals surface area (Å²) < 4.78 is 11.1. The second kappa shape index (κ2) is 6.83. The quantitative estimate of drug-likeness (QED) is 0.692. The van der Waals surface area contributed by atoms with Crippen molar-refractivity contribution in [2.45, 2.75) is 39.1 Å². The Morgan fingerprint density at radius 1 is 1.62 bits per heavy atom. The molecule has 16 heavy (non-hydrogen) atoms. The number of nitrogens with one attached hydrogen (secondary N) is 2. The van der Waals surface area contributed by atoms with Gasteiger partial charge in [0, 0.05) is 19.6 Å². The van der Waals surface area contributed by atoms with Gasteiger partial charge < -0.3 is 20.1 Å². The first-order valence-corrected chi connectivity index (χ1v) is 5.89. The Morgan fingerprint density at radius 3 is 3.00 bits per heavy atom. The molecule has 0 saturated carbocycles. The molecule has 5 heteroatoms. The van der Waals surface area contributed by atoms with Crippen LogP contribution in [0.4, 0.5) is 0 Å². The lowest BCUT2D eigenvalue weighted by atomic mass is 10.2. The molecule has 3 atom stereocenters. The molecule has 1 fully saturated rings. The maximum atomic E-state index is 11.4. The van der Waals surface area contributed by atoms with Crippen LogP contribution in [0.2, 0.25) is 0 Å². The predicted molar refractivity (Wildman–Crippen MR) is 61.3 cm³/mol. The van der Waals surface area contributed by atoms with E-state index in [0.29, 0.717) is 13.2 Å². The fraction of sp³-hybridized carbons (Fsp3) is 0.909. The number of carbonyl (C=O) groups is 1. The number of likely N-dealkylation sites (N-methyl/N-ethyl adjacent to an activating group) is 1. The van der Waals surface area contributed by atoms with Crippen molar-refractivity contribution in [1.29, 1.82) is 0 Å². The third kappa shape index (κ3) is 4.47. The van der Waals surface area contributed by atoms with Crippen LogP contribution < -0.4 is 10.6 Å². The Labute approximate surface area is 96.9 Å². The van der Waals surface area contributed by atoms with Crippen molar-refractivity contribution in [3.05, 3.63) is 0 Å². The third-order valence-electron chi connectivity index (χ3n) is 2.48. The van der Waals surface area contributed by atoms with E-state index in [9.17, 15) is 4.79 Å². The summed E-state index contributed by atoms with van der Waals surface area (Å²) in [5.74, 6) is -0.0701. The van der Waals surface area contributed by atoms with E-state index in [-0.39, 0.29) is 18.1 Å². The molecule has 0 spiro atoms. The summed E-state index contributed by atoms with van der Waals surface area (Å²) in [5, 5.41) is 5.98. The van der Waals surface area contributed by atoms with Crippen molar-refractivity contribution in [3.8, 4) is 0 Å². The number of rotatable bonds is 5. The molecule has 2 N–H and O–H groups in total. The van der Waals surface area contributed by atoms with E-state index in [1.807, 2.05) is 13.8 Å². The van der Waals surface area contributed by atoms with Gasteiger partial charge in [0.25, 0.3) is 0 Å². The Hall–Kier alpha value is -0.650. The van der Waals surface area contributed by atoms with E-state index in [1.165, 1.54) is 0 Å². The van der Waals surface area contributed by atoms with Gasteiger partial charge in [-0.3, -0.25) is 4.79 Å². The lowest BCUT2D eigenvalue weighted by molar-refractivity contribution is -0.136. The van der Waals surface area contributed by atoms with E-state index >= 15 is 0 Å². The minimum absolute atomic E-state index is 0.0422. The second-order valence-electron chi connectivity index (χ2n) is 4.10. The van der Waals surface area contributed by atoms with Gasteiger partial charge in [-0.15, -0.1) is 0 Å². The fourth-order valence-corrected chi connectivity index (χ4v) is 1.62. The minimum atomic E-state index is -0.416. The Bertz CT molecular complexity index is 223. The van der Waals surface area contributed by atoms with Crippen LogP contribution in [0.15, 0.2) is 0 Å². The largest absolute Gasteiger partial charge is 0.370 e. The van der Waals surface area contributed by atoms with Gasteiger partial charge in [-0.25, -0.2) is 0 Å². The van der Waals surface area contributed by atoms with Crippen molar-refractivity contribution < 1.29 is 14.3 Å². The fourth-order valence-electron chi connectivity index (χ4n) is 1.62. The van der Waals surface area contributed by atoms with Crippen LogP contribution in [0.25, 0.3) is 0 Å². The summed E-state index contributed by atoms with van der Waals surface area (Å²) in [6, 6.07) is 0. The first kappa shape index (κ1) is 13.4. The number of morpholine rings is 1. The molecule has 1 rings (SSSR count). The van der Waals surface area contributed by atoms with E-state index in [0.717, 1.165) is 13.1 Å². The Balaban J connectivity index is 2.20. The van der Waals surface area contributed by atoms with Gasteiger partial charge in [0.05, 0.1) is 18.8 Å². The SMILES string of the molecule is CCNC(=O)C(C)OCC1CNCC(C)O1. The van der Waals surface area contributed by atoms with E-state index in [4.69, 9.17) is 9.47 Å². The summed E-state index contributed by atoms with van der Waals surface area (Å²) in [6.07, 6.45) is -0.163. The van der Waals surface area contributed by atoms with E-state index in [2.05, 4.69) is 10.6 Å². The highest BCUT2D eigenvalue weighted by Crippen LogP contribution is 2.04. The second-order valence-corrected chi connectivity index (χ2v) is 4.10. The van der Waals surface area contributed by atoms with E-state index in [1.54, 1.807) is 6.92 Å². The normalized spacial score (nSPS) is 27.4. The average molecular weight is 230 g/mol. The van der Waals surface area contributed by atoms with Crippen molar-refractivity contribution in [1.82, 2.24) is 10.6 Å². The minimum Gasteiger partial charge on any atom is -0.370 e. The first-order chi connectivity index (χ1) is 7.63. The number of carbonyl (C=O) groups excluding carboxylic acids is 1. The summed E-state index contributed by atoms with van der Waals surface area (Å²) in [5.41, 5.74) is 0. The molecule has 5 nitrogen and oxygen atoms in total. The molecule has 0 aliphatic carbocycles.